The number of aromatic nitrogens is 6. The highest BCUT2D eigenvalue weighted by molar-refractivity contribution is 5.81. The molecule has 7 rings (SSSR count). The first-order chi connectivity index (χ1) is 23.6. The zero-order valence-electron chi connectivity index (χ0n) is 27.0. The van der Waals surface area contributed by atoms with Gasteiger partial charge in [0.15, 0.2) is 5.65 Å². The minimum atomic E-state index is -3.44. The van der Waals surface area contributed by atoms with Gasteiger partial charge in [-0.25, -0.2) is 22.5 Å². The third-order valence-electron chi connectivity index (χ3n) is 8.73. The number of fused-ring (bicyclic) bond motifs is 4. The molecule has 0 saturated heterocycles. The van der Waals surface area contributed by atoms with Crippen LogP contribution in [0.4, 0.5) is 32.3 Å². The van der Waals surface area contributed by atoms with Crippen molar-refractivity contribution >= 4 is 17.5 Å². The molecule has 0 spiro atoms. The molecule has 4 heterocycles. The summed E-state index contributed by atoms with van der Waals surface area (Å²) in [6.07, 6.45) is -1.61. The second-order valence-electron chi connectivity index (χ2n) is 13.6. The molecule has 1 amide bonds. The first kappa shape index (κ1) is 33.1. The van der Waals surface area contributed by atoms with Crippen LogP contribution in [-0.2, 0) is 23.7 Å². The summed E-state index contributed by atoms with van der Waals surface area (Å²) in [7, 11) is 0. The molecule has 1 unspecified atom stereocenters. The normalized spacial score (nSPS) is 18.0. The average Bonchev–Trinajstić information content (AvgIpc) is 3.54. The van der Waals surface area contributed by atoms with E-state index in [0.717, 1.165) is 12.1 Å². The number of benzene rings is 1. The second-order valence-corrected chi connectivity index (χ2v) is 13.6. The molecule has 0 aliphatic heterocycles. The van der Waals surface area contributed by atoms with Gasteiger partial charge in [0.1, 0.15) is 35.3 Å². The van der Waals surface area contributed by atoms with Crippen LogP contribution in [-0.4, -0.2) is 35.3 Å². The summed E-state index contributed by atoms with van der Waals surface area (Å²) in [5, 5.41) is 14.6. The summed E-state index contributed by atoms with van der Waals surface area (Å²) in [6.45, 7) is 4.90. The third-order valence-corrected chi connectivity index (χ3v) is 8.73. The van der Waals surface area contributed by atoms with E-state index in [1.807, 2.05) is 20.8 Å². The Morgan fingerprint density at radius 2 is 1.82 bits per heavy atom. The van der Waals surface area contributed by atoms with Gasteiger partial charge in [-0.3, -0.25) is 13.9 Å². The van der Waals surface area contributed by atoms with Crippen LogP contribution in [0.25, 0.3) is 16.8 Å². The molecular weight excluding hydrogens is 662 g/mol. The maximum Gasteiger partial charge on any atom is 0.293 e. The number of pyridine rings is 2. The molecule has 2 aliphatic rings. The van der Waals surface area contributed by atoms with E-state index in [2.05, 4.69) is 32.5 Å². The molecule has 2 aliphatic carbocycles. The Kier molecular flexibility index (Phi) is 7.88. The van der Waals surface area contributed by atoms with E-state index >= 15 is 8.78 Å². The molecule has 4 aromatic heterocycles. The number of nitrogens with zero attached hydrogens (tertiary/aromatic N) is 6. The van der Waals surface area contributed by atoms with Gasteiger partial charge in [-0.2, -0.15) is 13.9 Å². The molecular formula is C35H30F6N8O. The lowest BCUT2D eigenvalue weighted by Gasteiger charge is -2.23. The van der Waals surface area contributed by atoms with Crippen LogP contribution in [0.1, 0.15) is 79.5 Å². The fourth-order valence-electron chi connectivity index (χ4n) is 6.57. The maximum absolute atomic E-state index is 15.3. The van der Waals surface area contributed by atoms with Crippen LogP contribution in [0.2, 0.25) is 0 Å². The SMILES string of the molecule is CC(C)(C)C#Cc1ccc(-c2cccn3c(N)nnc23)c([C@H](Cc2cc(F)cc(F)c2)NC(=O)Cn2nc(C(F)F)c3c2C(F)(F)[C@@H]2CC32)n1. The van der Waals surface area contributed by atoms with Gasteiger partial charge in [0, 0.05) is 40.3 Å². The summed E-state index contributed by atoms with van der Waals surface area (Å²) in [6, 6.07) is 8.50. The van der Waals surface area contributed by atoms with Crippen molar-refractivity contribution in [2.75, 3.05) is 5.73 Å². The molecule has 0 radical (unpaired) electrons. The summed E-state index contributed by atoms with van der Waals surface area (Å²) < 4.78 is 89.4. The quantitative estimate of drug-likeness (QED) is 0.142. The Labute approximate surface area is 281 Å². The monoisotopic (exact) mass is 692 g/mol. The van der Waals surface area contributed by atoms with Gasteiger partial charge in [-0.1, -0.05) is 5.92 Å². The zero-order chi connectivity index (χ0) is 35.7. The smallest absolute Gasteiger partial charge is 0.293 e. The minimum absolute atomic E-state index is 0.0667. The van der Waals surface area contributed by atoms with Crippen molar-refractivity contribution < 1.29 is 31.1 Å². The second kappa shape index (κ2) is 11.9. The molecule has 50 heavy (non-hydrogen) atoms. The Hall–Kier alpha value is -5.39. The number of carbonyl (C=O) groups is 1. The number of carbonyl (C=O) groups excluding carboxylic acids is 1. The highest BCUT2D eigenvalue weighted by atomic mass is 19.3. The standard InChI is InChI=1S/C35H30F6N8O/c1-34(2,3)9-8-20-6-7-21(22-5-4-10-48-32(22)45-46-33(48)42)28(43-20)25(13-17-11-18(36)14-19(37)12-17)44-26(50)16-49-30-27(29(47-49)31(38)39)23-15-24(23)35(30,40)41/h4-7,10-12,14,23-25,31H,13,15-16H2,1-3H3,(H2,42,46)(H,44,50)/t23?,24-,25+/m1/s1. The van der Waals surface area contributed by atoms with E-state index in [1.165, 1.54) is 4.40 Å². The molecule has 1 saturated carbocycles. The number of rotatable bonds is 8. The van der Waals surface area contributed by atoms with Crippen LogP contribution >= 0.6 is 0 Å². The molecule has 258 valence electrons. The predicted octanol–water partition coefficient (Wildman–Crippen LogP) is 6.49. The average molecular weight is 693 g/mol. The van der Waals surface area contributed by atoms with Gasteiger partial charge in [0.05, 0.1) is 11.7 Å². The Morgan fingerprint density at radius 3 is 2.52 bits per heavy atom. The molecule has 5 aromatic rings. The summed E-state index contributed by atoms with van der Waals surface area (Å²) >= 11 is 0. The van der Waals surface area contributed by atoms with E-state index in [4.69, 9.17) is 10.7 Å². The molecule has 3 N–H and O–H groups in total. The van der Waals surface area contributed by atoms with Gasteiger partial charge in [0.2, 0.25) is 11.9 Å². The third kappa shape index (κ3) is 6.03. The number of halogens is 6. The number of nitrogens with two attached hydrogens (primary N) is 1. The Bertz CT molecular complexity index is 2210. The number of anilines is 1. The number of alkyl halides is 4. The highest BCUT2D eigenvalue weighted by Gasteiger charge is 2.67. The van der Waals surface area contributed by atoms with E-state index < -0.39 is 71.1 Å². The number of amides is 1. The van der Waals surface area contributed by atoms with E-state index in [0.29, 0.717) is 33.2 Å². The van der Waals surface area contributed by atoms with Gasteiger partial charge in [0.25, 0.3) is 12.3 Å². The topological polar surface area (TPSA) is 116 Å². The van der Waals surface area contributed by atoms with Crippen molar-refractivity contribution in [3.8, 4) is 23.0 Å². The molecule has 1 fully saturated rings. The van der Waals surface area contributed by atoms with Crippen molar-refractivity contribution in [1.29, 1.82) is 0 Å². The predicted molar refractivity (Wildman–Crippen MR) is 170 cm³/mol. The lowest BCUT2D eigenvalue weighted by Crippen LogP contribution is -2.35. The van der Waals surface area contributed by atoms with Crippen LogP contribution in [0.5, 0.6) is 0 Å². The number of nitrogens with one attached hydrogen (secondary N) is 1. The first-order valence-electron chi connectivity index (χ1n) is 15.8. The fourth-order valence-corrected chi connectivity index (χ4v) is 6.57. The molecule has 15 heteroatoms. The molecule has 9 nitrogen and oxygen atoms in total. The lowest BCUT2D eigenvalue weighted by molar-refractivity contribution is -0.123. The van der Waals surface area contributed by atoms with Gasteiger partial charge < -0.3 is 11.1 Å². The van der Waals surface area contributed by atoms with E-state index in [1.54, 1.807) is 30.5 Å². The number of nitrogen functional groups attached to an aromatic ring is 1. The number of hydrogen-bond donors (Lipinski definition) is 2. The van der Waals surface area contributed by atoms with Crippen molar-refractivity contribution in [2.45, 2.75) is 64.5 Å². The van der Waals surface area contributed by atoms with Crippen molar-refractivity contribution in [1.82, 2.24) is 34.7 Å². The van der Waals surface area contributed by atoms with Gasteiger partial charge >= 0.3 is 0 Å². The lowest BCUT2D eigenvalue weighted by atomic mass is 9.94. The largest absolute Gasteiger partial charge is 0.368 e. The minimum Gasteiger partial charge on any atom is -0.368 e. The van der Waals surface area contributed by atoms with E-state index in [9.17, 15) is 22.4 Å². The van der Waals surface area contributed by atoms with Crippen LogP contribution in [0.15, 0.2) is 48.7 Å². The molecule has 1 aromatic carbocycles. The Balaban J connectivity index is 1.34. The highest BCUT2D eigenvalue weighted by Crippen LogP contribution is 2.68. The van der Waals surface area contributed by atoms with E-state index in [-0.39, 0.29) is 35.6 Å². The first-order valence-corrected chi connectivity index (χ1v) is 15.8. The maximum atomic E-state index is 15.3. The van der Waals surface area contributed by atoms with Crippen molar-refractivity contribution in [2.24, 2.45) is 11.3 Å². The zero-order valence-corrected chi connectivity index (χ0v) is 27.0. The van der Waals surface area contributed by atoms with Gasteiger partial charge in [-0.15, -0.1) is 10.2 Å². The van der Waals surface area contributed by atoms with Crippen molar-refractivity contribution in [3.63, 3.8) is 0 Å². The molecule has 3 atom stereocenters. The van der Waals surface area contributed by atoms with Crippen LogP contribution < -0.4 is 11.1 Å². The van der Waals surface area contributed by atoms with Crippen molar-refractivity contribution in [3.05, 3.63) is 94.2 Å². The summed E-state index contributed by atoms with van der Waals surface area (Å²) in [4.78, 5) is 18.5. The fraction of sp³-hybridized carbons (Fsp3) is 0.343. The van der Waals surface area contributed by atoms with Crippen LogP contribution in [0, 0.1) is 34.8 Å². The van der Waals surface area contributed by atoms with Gasteiger partial charge in [-0.05, 0) is 87.4 Å². The summed E-state index contributed by atoms with van der Waals surface area (Å²) in [5.74, 6) is -1.67. The number of hydrogen-bond acceptors (Lipinski definition) is 6. The molecule has 0 bridgehead atoms. The summed E-state index contributed by atoms with van der Waals surface area (Å²) in [5.41, 5.74) is 5.85. The van der Waals surface area contributed by atoms with Crippen LogP contribution in [0.3, 0.4) is 0 Å². The Morgan fingerprint density at radius 1 is 1.08 bits per heavy atom.